The second-order valence-corrected chi connectivity index (χ2v) is 7.52. The first-order valence-corrected chi connectivity index (χ1v) is 10.1. The summed E-state index contributed by atoms with van der Waals surface area (Å²) in [4.78, 5) is 18.7. The van der Waals surface area contributed by atoms with Gasteiger partial charge in [0.15, 0.2) is 5.82 Å². The lowest BCUT2D eigenvalue weighted by molar-refractivity contribution is -0.130. The summed E-state index contributed by atoms with van der Waals surface area (Å²) in [5.74, 6) is 0.239. The van der Waals surface area contributed by atoms with E-state index in [0.717, 1.165) is 24.6 Å². The van der Waals surface area contributed by atoms with Crippen LogP contribution in [0.5, 0.6) is 0 Å². The molecule has 0 spiro atoms. The largest absolute Gasteiger partial charge is 0.378 e. The van der Waals surface area contributed by atoms with Crippen molar-refractivity contribution in [3.63, 3.8) is 0 Å². The lowest BCUT2D eigenvalue weighted by Crippen LogP contribution is -2.49. The van der Waals surface area contributed by atoms with E-state index >= 15 is 0 Å². The molecule has 7 nitrogen and oxygen atoms in total. The normalized spacial score (nSPS) is 17.5. The molecule has 2 aliphatic rings. The van der Waals surface area contributed by atoms with Crippen LogP contribution in [0.2, 0.25) is 5.02 Å². The van der Waals surface area contributed by atoms with Gasteiger partial charge >= 0.3 is 0 Å². The van der Waals surface area contributed by atoms with Gasteiger partial charge in [0.2, 0.25) is 5.91 Å². The number of hydrogen-bond donors (Lipinski definition) is 0. The van der Waals surface area contributed by atoms with E-state index in [-0.39, 0.29) is 22.9 Å². The second kappa shape index (κ2) is 8.92. The number of ether oxygens (including phenoxy) is 1. The minimum atomic E-state index is -0.445. The summed E-state index contributed by atoms with van der Waals surface area (Å²) >= 11 is 6.05. The number of hydrogen-bond acceptors (Lipinski definition) is 6. The molecule has 2 fully saturated rings. The highest BCUT2D eigenvalue weighted by Gasteiger charge is 2.24. The van der Waals surface area contributed by atoms with Gasteiger partial charge in [-0.3, -0.25) is 4.79 Å². The van der Waals surface area contributed by atoms with Gasteiger partial charge in [-0.2, -0.15) is 5.10 Å². The Bertz CT molecular complexity index is 849. The zero-order valence-electron chi connectivity index (χ0n) is 16.1. The number of morpholine rings is 1. The predicted molar refractivity (Wildman–Crippen MR) is 109 cm³/mol. The number of aromatic nitrogens is 2. The summed E-state index contributed by atoms with van der Waals surface area (Å²) in [5.41, 5.74) is 1.29. The lowest BCUT2D eigenvalue weighted by atomic mass is 10.1. The smallest absolute Gasteiger partial charge is 0.227 e. The van der Waals surface area contributed by atoms with Crippen molar-refractivity contribution in [2.75, 3.05) is 62.3 Å². The number of carbonyl (C=O) groups excluding carboxylic acids is 1. The van der Waals surface area contributed by atoms with Crippen LogP contribution >= 0.6 is 11.6 Å². The van der Waals surface area contributed by atoms with Crippen LogP contribution in [0.15, 0.2) is 30.5 Å². The van der Waals surface area contributed by atoms with Gasteiger partial charge in [0.25, 0.3) is 0 Å². The number of anilines is 2. The summed E-state index contributed by atoms with van der Waals surface area (Å²) in [7, 11) is 0. The molecule has 1 aromatic carbocycles. The molecule has 3 heterocycles. The molecule has 4 rings (SSSR count). The highest BCUT2D eigenvalue weighted by atomic mass is 35.5. The molecule has 0 unspecified atom stereocenters. The highest BCUT2D eigenvalue weighted by Crippen LogP contribution is 2.23. The Balaban J connectivity index is 1.36. The Hall–Kier alpha value is -2.45. The molecular formula is C20H23ClFN5O2. The summed E-state index contributed by atoms with van der Waals surface area (Å²) < 4.78 is 19.4. The van der Waals surface area contributed by atoms with Gasteiger partial charge in [0.05, 0.1) is 31.5 Å². The van der Waals surface area contributed by atoms with Gasteiger partial charge in [-0.15, -0.1) is 5.10 Å². The van der Waals surface area contributed by atoms with Gasteiger partial charge in [0, 0.05) is 55.9 Å². The van der Waals surface area contributed by atoms with Crippen LogP contribution in [0.25, 0.3) is 0 Å². The van der Waals surface area contributed by atoms with Crippen molar-refractivity contribution in [1.82, 2.24) is 15.1 Å². The Morgan fingerprint density at radius 2 is 1.86 bits per heavy atom. The number of rotatable bonds is 4. The second-order valence-electron chi connectivity index (χ2n) is 7.12. The molecule has 0 N–H and O–H groups in total. The molecule has 0 atom stereocenters. The number of amides is 1. The van der Waals surface area contributed by atoms with Crippen molar-refractivity contribution in [1.29, 1.82) is 0 Å². The zero-order valence-corrected chi connectivity index (χ0v) is 16.8. The van der Waals surface area contributed by atoms with Crippen LogP contribution in [0.4, 0.5) is 15.9 Å². The van der Waals surface area contributed by atoms with Gasteiger partial charge < -0.3 is 19.4 Å². The molecule has 29 heavy (non-hydrogen) atoms. The minimum absolute atomic E-state index is 0.0299. The summed E-state index contributed by atoms with van der Waals surface area (Å²) in [6.45, 7) is 5.51. The molecule has 2 saturated heterocycles. The number of benzene rings is 1. The maximum atomic E-state index is 14.0. The van der Waals surface area contributed by atoms with Crippen LogP contribution in [-0.2, 0) is 16.0 Å². The Morgan fingerprint density at radius 1 is 1.10 bits per heavy atom. The molecule has 0 radical (unpaired) electrons. The fraction of sp³-hybridized carbons (Fsp3) is 0.450. The number of piperazine rings is 1. The van der Waals surface area contributed by atoms with Gasteiger partial charge in [0.1, 0.15) is 5.82 Å². The predicted octanol–water partition coefficient (Wildman–Crippen LogP) is 2.00. The van der Waals surface area contributed by atoms with E-state index in [1.54, 1.807) is 17.2 Å². The molecule has 154 valence electrons. The first-order chi connectivity index (χ1) is 14.1. The quantitative estimate of drug-likeness (QED) is 0.755. The Morgan fingerprint density at radius 3 is 2.59 bits per heavy atom. The molecule has 1 aromatic heterocycles. The zero-order chi connectivity index (χ0) is 20.2. The van der Waals surface area contributed by atoms with E-state index in [1.807, 2.05) is 6.07 Å². The first-order valence-electron chi connectivity index (χ1n) is 9.73. The molecule has 0 saturated carbocycles. The highest BCUT2D eigenvalue weighted by molar-refractivity contribution is 6.31. The topological polar surface area (TPSA) is 61.8 Å². The molecule has 2 aromatic rings. The van der Waals surface area contributed by atoms with Crippen LogP contribution in [0.1, 0.15) is 5.56 Å². The average molecular weight is 420 g/mol. The van der Waals surface area contributed by atoms with E-state index < -0.39 is 5.82 Å². The molecule has 2 aliphatic heterocycles. The van der Waals surface area contributed by atoms with E-state index in [4.69, 9.17) is 16.3 Å². The van der Waals surface area contributed by atoms with E-state index in [1.165, 1.54) is 12.1 Å². The van der Waals surface area contributed by atoms with Crippen molar-refractivity contribution in [3.05, 3.63) is 46.9 Å². The number of halogens is 2. The summed E-state index contributed by atoms with van der Waals surface area (Å²) in [6, 6.07) is 6.50. The molecular weight excluding hydrogens is 397 g/mol. The third-order valence-electron chi connectivity index (χ3n) is 5.35. The SMILES string of the molecule is O=C(Cc1c(F)cccc1Cl)N1CCN(c2cc(N3CCOCC3)cnn2)CC1. The van der Waals surface area contributed by atoms with Crippen LogP contribution in [0, 0.1) is 5.82 Å². The average Bonchev–Trinajstić information content (AvgIpc) is 2.77. The van der Waals surface area contributed by atoms with Crippen LogP contribution < -0.4 is 9.80 Å². The molecule has 0 bridgehead atoms. The van der Waals surface area contributed by atoms with Gasteiger partial charge in [-0.05, 0) is 12.1 Å². The standard InChI is InChI=1S/C20H23ClFN5O2/c21-17-2-1-3-18(22)16(17)13-20(28)27-6-4-26(5-7-27)19-12-15(14-23-24-19)25-8-10-29-11-9-25/h1-3,12,14H,4-11,13H2. The Kier molecular flexibility index (Phi) is 6.10. The van der Waals surface area contributed by atoms with Gasteiger partial charge in [-0.1, -0.05) is 17.7 Å². The van der Waals surface area contributed by atoms with Crippen molar-refractivity contribution in [2.45, 2.75) is 6.42 Å². The van der Waals surface area contributed by atoms with E-state index in [9.17, 15) is 9.18 Å². The molecule has 0 aliphatic carbocycles. The summed E-state index contributed by atoms with van der Waals surface area (Å²) in [6.07, 6.45) is 1.74. The fourth-order valence-corrected chi connectivity index (χ4v) is 3.87. The lowest BCUT2D eigenvalue weighted by Gasteiger charge is -2.36. The number of nitrogens with zero attached hydrogens (tertiary/aromatic N) is 5. The monoisotopic (exact) mass is 419 g/mol. The van der Waals surface area contributed by atoms with Crippen LogP contribution in [0.3, 0.4) is 0 Å². The van der Waals surface area contributed by atoms with Crippen LogP contribution in [-0.4, -0.2) is 73.5 Å². The van der Waals surface area contributed by atoms with Crippen molar-refractivity contribution >= 4 is 29.0 Å². The first kappa shape index (κ1) is 19.8. The Labute approximate surface area is 174 Å². The van der Waals surface area contributed by atoms with Crippen molar-refractivity contribution in [2.24, 2.45) is 0 Å². The summed E-state index contributed by atoms with van der Waals surface area (Å²) in [5, 5.41) is 8.70. The molecule has 9 heteroatoms. The minimum Gasteiger partial charge on any atom is -0.378 e. The fourth-order valence-electron chi connectivity index (χ4n) is 3.64. The van der Waals surface area contributed by atoms with Gasteiger partial charge in [-0.25, -0.2) is 4.39 Å². The third kappa shape index (κ3) is 4.59. The van der Waals surface area contributed by atoms with E-state index in [0.29, 0.717) is 39.4 Å². The molecule has 1 amide bonds. The third-order valence-corrected chi connectivity index (χ3v) is 5.70. The van der Waals surface area contributed by atoms with E-state index in [2.05, 4.69) is 20.0 Å². The van der Waals surface area contributed by atoms with Crippen molar-refractivity contribution in [3.8, 4) is 0 Å². The maximum absolute atomic E-state index is 14.0. The number of carbonyl (C=O) groups is 1. The van der Waals surface area contributed by atoms with Crippen molar-refractivity contribution < 1.29 is 13.9 Å². The maximum Gasteiger partial charge on any atom is 0.227 e.